The van der Waals surface area contributed by atoms with Crippen LogP contribution in [0.15, 0.2) is 36.5 Å². The molecule has 0 aromatic heterocycles. The van der Waals surface area contributed by atoms with Crippen LogP contribution < -0.4 is 0 Å². The Hall–Kier alpha value is -2.63. The summed E-state index contributed by atoms with van der Waals surface area (Å²) in [7, 11) is 1.29. The molecule has 25 heavy (non-hydrogen) atoms. The second-order valence-corrected chi connectivity index (χ2v) is 6.45. The highest BCUT2D eigenvalue weighted by molar-refractivity contribution is 5.98. The van der Waals surface area contributed by atoms with Gasteiger partial charge in [0.15, 0.2) is 0 Å². The van der Waals surface area contributed by atoms with E-state index < -0.39 is 12.0 Å². The first-order valence-electron chi connectivity index (χ1n) is 8.29. The van der Waals surface area contributed by atoms with Crippen LogP contribution in [-0.4, -0.2) is 47.3 Å². The highest BCUT2D eigenvalue weighted by Crippen LogP contribution is 2.29. The van der Waals surface area contributed by atoms with E-state index in [1.807, 2.05) is 44.2 Å². The topological polar surface area (TPSA) is 66.9 Å². The maximum Gasteiger partial charge on any atom is 0.325 e. The maximum atomic E-state index is 13.1. The minimum Gasteiger partial charge on any atom is -0.468 e. The summed E-state index contributed by atoms with van der Waals surface area (Å²) in [5.41, 5.74) is 1.28. The van der Waals surface area contributed by atoms with Crippen LogP contribution in [0.1, 0.15) is 32.8 Å². The van der Waals surface area contributed by atoms with Crippen molar-refractivity contribution >= 4 is 23.5 Å². The van der Waals surface area contributed by atoms with Gasteiger partial charge >= 0.3 is 5.97 Å². The third kappa shape index (κ3) is 4.26. The molecule has 0 saturated heterocycles. The number of esters is 1. The Kier molecular flexibility index (Phi) is 5.96. The predicted molar refractivity (Wildman–Crippen MR) is 93.9 cm³/mol. The molecule has 1 aliphatic rings. The number of carbonyl (C=O) groups is 3. The van der Waals surface area contributed by atoms with Crippen molar-refractivity contribution in [3.63, 3.8) is 0 Å². The normalized spacial score (nSPS) is 17.6. The molecule has 2 amide bonds. The van der Waals surface area contributed by atoms with Gasteiger partial charge in [-0.15, -0.1) is 0 Å². The van der Waals surface area contributed by atoms with Crippen molar-refractivity contribution in [2.24, 2.45) is 5.92 Å². The SMILES string of the molecule is COC(=O)CN1C(=O)C(CC(C)C)N(C(C)=O)C=C1c1ccccc1. The molecule has 0 N–H and O–H groups in total. The van der Waals surface area contributed by atoms with E-state index in [4.69, 9.17) is 4.74 Å². The smallest absolute Gasteiger partial charge is 0.325 e. The van der Waals surface area contributed by atoms with Gasteiger partial charge < -0.3 is 9.64 Å². The molecule has 2 rings (SSSR count). The van der Waals surface area contributed by atoms with E-state index >= 15 is 0 Å². The molecular weight excluding hydrogens is 320 g/mol. The first-order chi connectivity index (χ1) is 11.8. The Labute approximate surface area is 148 Å². The average Bonchev–Trinajstić information content (AvgIpc) is 2.58. The Bertz CT molecular complexity index is 682. The number of methoxy groups -OCH3 is 1. The van der Waals surface area contributed by atoms with Crippen LogP contribution in [-0.2, 0) is 19.1 Å². The number of benzene rings is 1. The summed E-state index contributed by atoms with van der Waals surface area (Å²) in [6.45, 7) is 5.24. The van der Waals surface area contributed by atoms with Crippen LogP contribution in [0, 0.1) is 5.92 Å². The van der Waals surface area contributed by atoms with Crippen molar-refractivity contribution in [2.75, 3.05) is 13.7 Å². The molecule has 1 aliphatic heterocycles. The van der Waals surface area contributed by atoms with Crippen LogP contribution in [0.4, 0.5) is 0 Å². The van der Waals surface area contributed by atoms with Gasteiger partial charge in [0, 0.05) is 13.1 Å². The molecule has 0 spiro atoms. The molecule has 0 aliphatic carbocycles. The summed E-state index contributed by atoms with van der Waals surface area (Å²) >= 11 is 0. The van der Waals surface area contributed by atoms with Gasteiger partial charge in [-0.1, -0.05) is 44.2 Å². The van der Waals surface area contributed by atoms with Crippen LogP contribution >= 0.6 is 0 Å². The molecule has 1 heterocycles. The standard InChI is InChI=1S/C19H24N2O4/c1-13(2)10-16-19(24)21(12-18(23)25-4)17(11-20(16)14(3)22)15-8-6-5-7-9-15/h5-9,11,13,16H,10,12H2,1-4H3. The molecule has 0 fully saturated rings. The van der Waals surface area contributed by atoms with E-state index in [0.29, 0.717) is 12.1 Å². The number of nitrogens with zero attached hydrogens (tertiary/aromatic N) is 2. The monoisotopic (exact) mass is 344 g/mol. The van der Waals surface area contributed by atoms with Crippen LogP contribution in [0.2, 0.25) is 0 Å². The third-order valence-electron chi connectivity index (χ3n) is 4.08. The first-order valence-corrected chi connectivity index (χ1v) is 8.29. The van der Waals surface area contributed by atoms with E-state index in [9.17, 15) is 14.4 Å². The lowest BCUT2D eigenvalue weighted by atomic mass is 9.98. The summed E-state index contributed by atoms with van der Waals surface area (Å²) in [4.78, 5) is 39.9. The number of rotatable bonds is 5. The van der Waals surface area contributed by atoms with E-state index in [0.717, 1.165) is 5.56 Å². The van der Waals surface area contributed by atoms with Gasteiger partial charge in [-0.05, 0) is 17.9 Å². The van der Waals surface area contributed by atoms with Crippen LogP contribution in [0.5, 0.6) is 0 Å². The number of amides is 2. The van der Waals surface area contributed by atoms with Gasteiger partial charge in [-0.3, -0.25) is 19.3 Å². The molecule has 1 unspecified atom stereocenters. The lowest BCUT2D eigenvalue weighted by molar-refractivity contribution is -0.148. The van der Waals surface area contributed by atoms with Crippen molar-refractivity contribution in [2.45, 2.75) is 33.2 Å². The van der Waals surface area contributed by atoms with E-state index in [1.54, 1.807) is 6.20 Å². The van der Waals surface area contributed by atoms with Crippen molar-refractivity contribution in [1.29, 1.82) is 0 Å². The van der Waals surface area contributed by atoms with Gasteiger partial charge in [-0.25, -0.2) is 0 Å². The van der Waals surface area contributed by atoms with Gasteiger partial charge in [0.1, 0.15) is 12.6 Å². The lowest BCUT2D eigenvalue weighted by Crippen LogP contribution is -2.53. The molecule has 134 valence electrons. The first kappa shape index (κ1) is 18.7. The molecule has 6 nitrogen and oxygen atoms in total. The van der Waals surface area contributed by atoms with Crippen LogP contribution in [0.25, 0.3) is 5.70 Å². The number of carbonyl (C=O) groups excluding carboxylic acids is 3. The highest BCUT2D eigenvalue weighted by Gasteiger charge is 2.38. The lowest BCUT2D eigenvalue weighted by Gasteiger charge is -2.39. The Morgan fingerprint density at radius 3 is 2.36 bits per heavy atom. The average molecular weight is 344 g/mol. The maximum absolute atomic E-state index is 13.1. The van der Waals surface area contributed by atoms with Crippen molar-refractivity contribution in [1.82, 2.24) is 9.80 Å². The quantitative estimate of drug-likeness (QED) is 0.769. The summed E-state index contributed by atoms with van der Waals surface area (Å²) in [6, 6.07) is 8.61. The van der Waals surface area contributed by atoms with Gasteiger partial charge in [0.25, 0.3) is 5.91 Å². The molecular formula is C19H24N2O4. The predicted octanol–water partition coefficient (Wildman–Crippen LogP) is 2.26. The largest absolute Gasteiger partial charge is 0.468 e. The van der Waals surface area contributed by atoms with Crippen molar-refractivity contribution < 1.29 is 19.1 Å². The molecule has 6 heteroatoms. The summed E-state index contributed by atoms with van der Waals surface area (Å²) in [5.74, 6) is -0.752. The Morgan fingerprint density at radius 1 is 1.20 bits per heavy atom. The minimum atomic E-state index is -0.616. The molecule has 0 saturated carbocycles. The Morgan fingerprint density at radius 2 is 1.84 bits per heavy atom. The summed E-state index contributed by atoms with van der Waals surface area (Å²) in [5, 5.41) is 0. The fraction of sp³-hybridized carbons (Fsp3) is 0.421. The van der Waals surface area contributed by atoms with Gasteiger partial charge in [0.05, 0.1) is 12.8 Å². The summed E-state index contributed by atoms with van der Waals surface area (Å²) < 4.78 is 4.74. The highest BCUT2D eigenvalue weighted by atomic mass is 16.5. The minimum absolute atomic E-state index is 0.184. The van der Waals surface area contributed by atoms with Gasteiger partial charge in [0.2, 0.25) is 5.91 Å². The molecule has 0 radical (unpaired) electrons. The third-order valence-corrected chi connectivity index (χ3v) is 4.08. The van der Waals surface area contributed by atoms with E-state index in [-0.39, 0.29) is 24.3 Å². The number of hydrogen-bond donors (Lipinski definition) is 0. The molecule has 1 aromatic carbocycles. The van der Waals surface area contributed by atoms with Gasteiger partial charge in [-0.2, -0.15) is 0 Å². The zero-order chi connectivity index (χ0) is 18.6. The van der Waals surface area contributed by atoms with E-state index in [1.165, 1.54) is 23.8 Å². The molecule has 0 bridgehead atoms. The number of hydrogen-bond acceptors (Lipinski definition) is 4. The van der Waals surface area contributed by atoms with Crippen LogP contribution in [0.3, 0.4) is 0 Å². The second-order valence-electron chi connectivity index (χ2n) is 6.45. The second kappa shape index (κ2) is 7.96. The summed E-state index contributed by atoms with van der Waals surface area (Å²) in [6.07, 6.45) is 2.18. The fourth-order valence-electron chi connectivity index (χ4n) is 2.88. The van der Waals surface area contributed by atoms with Crippen molar-refractivity contribution in [3.05, 3.63) is 42.1 Å². The fourth-order valence-corrected chi connectivity index (χ4v) is 2.88. The number of ether oxygens (including phenoxy) is 1. The van der Waals surface area contributed by atoms with Crippen molar-refractivity contribution in [3.8, 4) is 0 Å². The molecule has 1 atom stereocenters. The zero-order valence-corrected chi connectivity index (χ0v) is 15.1. The molecule has 1 aromatic rings. The zero-order valence-electron chi connectivity index (χ0n) is 15.1. The Balaban J connectivity index is 2.52. The van der Waals surface area contributed by atoms with E-state index in [2.05, 4.69) is 0 Å².